The Hall–Kier alpha value is -3.21. The maximum atomic E-state index is 5.01. The summed E-state index contributed by atoms with van der Waals surface area (Å²) in [6, 6.07) is 18.9. The number of aromatic nitrogens is 3. The molecule has 0 fully saturated rings. The second-order valence-corrected chi connectivity index (χ2v) is 7.23. The van der Waals surface area contributed by atoms with Crippen LogP contribution < -0.4 is 9.88 Å². The van der Waals surface area contributed by atoms with Gasteiger partial charge in [-0.2, -0.15) is 4.57 Å². The fraction of sp³-hybridized carbons (Fsp3) is 0.292. The number of hydrogen-bond donors (Lipinski definition) is 1. The Morgan fingerprint density at radius 2 is 1.90 bits per heavy atom. The zero-order valence-corrected chi connectivity index (χ0v) is 17.0. The van der Waals surface area contributed by atoms with Crippen molar-refractivity contribution in [2.24, 2.45) is 4.99 Å². The number of benzene rings is 2. The molecule has 0 saturated heterocycles. The minimum absolute atomic E-state index is 0.566. The summed E-state index contributed by atoms with van der Waals surface area (Å²) in [6.07, 6.45) is 5.43. The normalized spacial score (nSPS) is 12.5. The van der Waals surface area contributed by atoms with Crippen molar-refractivity contribution in [3.63, 3.8) is 0 Å². The molecule has 4 rings (SSSR count). The summed E-state index contributed by atoms with van der Waals surface area (Å²) in [4.78, 5) is 5.01. The van der Waals surface area contributed by atoms with Gasteiger partial charge in [0.25, 0.3) is 0 Å². The molecule has 5 heteroatoms. The van der Waals surface area contributed by atoms with Gasteiger partial charge in [0.2, 0.25) is 5.82 Å². The van der Waals surface area contributed by atoms with Crippen LogP contribution in [0, 0.1) is 0 Å². The van der Waals surface area contributed by atoms with E-state index in [1.165, 1.54) is 12.8 Å². The van der Waals surface area contributed by atoms with Crippen molar-refractivity contribution < 1.29 is 4.57 Å². The summed E-state index contributed by atoms with van der Waals surface area (Å²) in [5.74, 6) is 1.93. The van der Waals surface area contributed by atoms with Gasteiger partial charge in [0.15, 0.2) is 0 Å². The number of nitrogens with one attached hydrogen (secondary N) is 1. The van der Waals surface area contributed by atoms with Crippen molar-refractivity contribution in [2.45, 2.75) is 39.3 Å². The molecule has 0 bridgehead atoms. The van der Waals surface area contributed by atoms with Crippen LogP contribution in [0.3, 0.4) is 0 Å². The van der Waals surface area contributed by atoms with Gasteiger partial charge in [0.05, 0.1) is 12.3 Å². The van der Waals surface area contributed by atoms with Crippen LogP contribution in [0.15, 0.2) is 72.2 Å². The second kappa shape index (κ2) is 8.86. The predicted molar refractivity (Wildman–Crippen MR) is 118 cm³/mol. The van der Waals surface area contributed by atoms with E-state index in [-0.39, 0.29) is 0 Å². The van der Waals surface area contributed by atoms with Gasteiger partial charge in [-0.05, 0) is 18.6 Å². The zero-order chi connectivity index (χ0) is 20.1. The molecule has 29 heavy (non-hydrogen) atoms. The van der Waals surface area contributed by atoms with E-state index in [1.807, 2.05) is 16.8 Å². The van der Waals surface area contributed by atoms with E-state index < -0.39 is 0 Å². The Morgan fingerprint density at radius 3 is 2.69 bits per heavy atom. The molecule has 3 aromatic rings. The molecule has 148 valence electrons. The van der Waals surface area contributed by atoms with Gasteiger partial charge in [-0.1, -0.05) is 68.3 Å². The molecule has 2 aromatic carbocycles. The molecule has 1 aromatic heterocycles. The highest BCUT2D eigenvalue weighted by molar-refractivity contribution is 6.14. The molecule has 0 unspecified atom stereocenters. The molecule has 5 nitrogen and oxygen atoms in total. The SMILES string of the molecule is C=CCn1nc(NCCCCC)[n+]2c1CN=C(c1ccccc1)c1ccccc1-2. The third-order valence-corrected chi connectivity index (χ3v) is 5.17. The van der Waals surface area contributed by atoms with Gasteiger partial charge >= 0.3 is 5.95 Å². The molecule has 0 atom stereocenters. The maximum Gasteiger partial charge on any atom is 0.382 e. The lowest BCUT2D eigenvalue weighted by Crippen LogP contribution is -2.38. The number of fused-ring (bicyclic) bond motifs is 3. The highest BCUT2D eigenvalue weighted by Crippen LogP contribution is 2.22. The molecular weight excluding hydrogens is 358 g/mol. The molecule has 1 aliphatic rings. The van der Waals surface area contributed by atoms with Crippen molar-refractivity contribution in [1.82, 2.24) is 9.78 Å². The first kappa shape index (κ1) is 19.1. The van der Waals surface area contributed by atoms with Gasteiger partial charge in [-0.3, -0.25) is 10.3 Å². The average Bonchev–Trinajstić information content (AvgIpc) is 2.99. The summed E-state index contributed by atoms with van der Waals surface area (Å²) in [5.41, 5.74) is 4.38. The first-order valence-corrected chi connectivity index (χ1v) is 10.4. The third kappa shape index (κ3) is 3.86. The Bertz CT molecular complexity index is 1020. The van der Waals surface area contributed by atoms with Gasteiger partial charge in [0.1, 0.15) is 18.8 Å². The first-order valence-electron chi connectivity index (χ1n) is 10.4. The minimum Gasteiger partial charge on any atom is -0.292 e. The van der Waals surface area contributed by atoms with E-state index in [0.717, 1.165) is 47.3 Å². The van der Waals surface area contributed by atoms with E-state index in [4.69, 9.17) is 10.1 Å². The molecule has 0 radical (unpaired) electrons. The number of allylic oxidation sites excluding steroid dienone is 1. The Labute approximate surface area is 172 Å². The second-order valence-electron chi connectivity index (χ2n) is 7.23. The lowest BCUT2D eigenvalue weighted by molar-refractivity contribution is -0.590. The van der Waals surface area contributed by atoms with E-state index in [1.54, 1.807) is 0 Å². The summed E-state index contributed by atoms with van der Waals surface area (Å²) in [7, 11) is 0. The largest absolute Gasteiger partial charge is 0.382 e. The summed E-state index contributed by atoms with van der Waals surface area (Å²) in [6.45, 7) is 8.26. The smallest absolute Gasteiger partial charge is 0.292 e. The fourth-order valence-corrected chi connectivity index (χ4v) is 3.76. The Kier molecular flexibility index (Phi) is 5.84. The average molecular weight is 387 g/mol. The Morgan fingerprint density at radius 1 is 1.10 bits per heavy atom. The van der Waals surface area contributed by atoms with Crippen molar-refractivity contribution in [3.05, 3.63) is 84.2 Å². The van der Waals surface area contributed by atoms with Crippen molar-refractivity contribution in [1.29, 1.82) is 0 Å². The topological polar surface area (TPSA) is 46.1 Å². The van der Waals surface area contributed by atoms with Crippen molar-refractivity contribution in [3.8, 4) is 5.69 Å². The van der Waals surface area contributed by atoms with Crippen LogP contribution in [0.2, 0.25) is 0 Å². The molecule has 1 N–H and O–H groups in total. The summed E-state index contributed by atoms with van der Waals surface area (Å²) < 4.78 is 4.23. The number of aliphatic imine (C=N–C) groups is 1. The van der Waals surface area contributed by atoms with Crippen LogP contribution in [-0.4, -0.2) is 22.0 Å². The van der Waals surface area contributed by atoms with E-state index >= 15 is 0 Å². The lowest BCUT2D eigenvalue weighted by atomic mass is 10.0. The monoisotopic (exact) mass is 386 g/mol. The number of nitrogens with zero attached hydrogens (tertiary/aromatic N) is 4. The van der Waals surface area contributed by atoms with Gasteiger partial charge in [-0.25, -0.2) is 0 Å². The number of unbranched alkanes of at least 4 members (excludes halogenated alkanes) is 2. The molecule has 0 spiro atoms. The van der Waals surface area contributed by atoms with Crippen LogP contribution in [0.4, 0.5) is 5.95 Å². The molecule has 1 aliphatic heterocycles. The van der Waals surface area contributed by atoms with Crippen LogP contribution >= 0.6 is 0 Å². The molecule has 2 heterocycles. The zero-order valence-electron chi connectivity index (χ0n) is 17.0. The lowest BCUT2D eigenvalue weighted by Gasteiger charge is -2.10. The standard InChI is InChI=1S/C24H28N5/c1-3-5-11-16-25-24-27-28(17-4-2)22-18-26-23(19-12-7-6-8-13-19)20-14-9-10-15-21(20)29(22)24/h4,6-10,12-15H,2-3,5,11,16-18H2,1H3,(H,25,27)/q+1. The fourth-order valence-electron chi connectivity index (χ4n) is 3.76. The molecule has 0 aliphatic carbocycles. The maximum absolute atomic E-state index is 5.01. The number of anilines is 1. The predicted octanol–water partition coefficient (Wildman–Crippen LogP) is 4.30. The van der Waals surface area contributed by atoms with Crippen molar-refractivity contribution in [2.75, 3.05) is 11.9 Å². The van der Waals surface area contributed by atoms with Gasteiger partial charge in [0, 0.05) is 16.2 Å². The number of para-hydroxylation sites is 1. The molecule has 0 saturated carbocycles. The van der Waals surface area contributed by atoms with Crippen LogP contribution in [-0.2, 0) is 13.1 Å². The molecular formula is C24H28N5+. The van der Waals surface area contributed by atoms with Gasteiger partial charge < -0.3 is 0 Å². The highest BCUT2D eigenvalue weighted by Gasteiger charge is 2.30. The third-order valence-electron chi connectivity index (χ3n) is 5.17. The summed E-state index contributed by atoms with van der Waals surface area (Å²) in [5, 5.41) is 8.40. The van der Waals surface area contributed by atoms with E-state index in [9.17, 15) is 0 Å². The van der Waals surface area contributed by atoms with E-state index in [2.05, 4.69) is 71.9 Å². The molecule has 0 amide bonds. The van der Waals surface area contributed by atoms with Crippen molar-refractivity contribution >= 4 is 11.7 Å². The van der Waals surface area contributed by atoms with Gasteiger partial charge in [-0.15, -0.1) is 11.3 Å². The quantitative estimate of drug-likeness (QED) is 0.356. The van der Waals surface area contributed by atoms with E-state index in [0.29, 0.717) is 13.1 Å². The van der Waals surface area contributed by atoms with Crippen LogP contribution in [0.25, 0.3) is 5.69 Å². The number of rotatable bonds is 8. The van der Waals surface area contributed by atoms with Crippen LogP contribution in [0.1, 0.15) is 43.1 Å². The number of hydrogen-bond acceptors (Lipinski definition) is 3. The summed E-state index contributed by atoms with van der Waals surface area (Å²) >= 11 is 0. The highest BCUT2D eigenvalue weighted by atomic mass is 15.4. The van der Waals surface area contributed by atoms with Crippen LogP contribution in [0.5, 0.6) is 0 Å². The Balaban J connectivity index is 1.82. The first-order chi connectivity index (χ1) is 14.3. The minimum atomic E-state index is 0.566.